The molecular formula is C15H11F3N2. The van der Waals surface area contributed by atoms with Gasteiger partial charge in [-0.1, -0.05) is 12.1 Å². The average Bonchev–Trinajstić information content (AvgIpc) is 2.44. The van der Waals surface area contributed by atoms with Gasteiger partial charge in [-0.25, -0.2) is 13.2 Å². The molecule has 0 bridgehead atoms. The van der Waals surface area contributed by atoms with Crippen LogP contribution >= 0.6 is 0 Å². The van der Waals surface area contributed by atoms with E-state index in [4.69, 9.17) is 5.26 Å². The van der Waals surface area contributed by atoms with Crippen LogP contribution in [0.15, 0.2) is 36.4 Å². The highest BCUT2D eigenvalue weighted by Crippen LogP contribution is 2.13. The maximum Gasteiger partial charge on any atom is 0.145 e. The lowest BCUT2D eigenvalue weighted by molar-refractivity contribution is 0.557. The third kappa shape index (κ3) is 3.16. The molecule has 2 nitrogen and oxygen atoms in total. The van der Waals surface area contributed by atoms with E-state index in [-0.39, 0.29) is 24.2 Å². The monoisotopic (exact) mass is 276 g/mol. The second kappa shape index (κ2) is 6.22. The zero-order chi connectivity index (χ0) is 14.5. The molecule has 102 valence electrons. The Morgan fingerprint density at radius 3 is 2.50 bits per heavy atom. The third-order valence-electron chi connectivity index (χ3n) is 2.84. The van der Waals surface area contributed by atoms with Crippen LogP contribution in [0.5, 0.6) is 0 Å². The average molecular weight is 276 g/mol. The minimum atomic E-state index is -0.595. The van der Waals surface area contributed by atoms with Crippen molar-refractivity contribution in [2.24, 2.45) is 0 Å². The maximum atomic E-state index is 13.7. The van der Waals surface area contributed by atoms with Crippen LogP contribution in [-0.2, 0) is 13.1 Å². The lowest BCUT2D eigenvalue weighted by Crippen LogP contribution is -2.15. The molecule has 0 spiro atoms. The molecule has 0 aliphatic carbocycles. The predicted octanol–water partition coefficient (Wildman–Crippen LogP) is 3.27. The summed E-state index contributed by atoms with van der Waals surface area (Å²) >= 11 is 0. The molecule has 0 saturated carbocycles. The normalized spacial score (nSPS) is 10.3. The summed E-state index contributed by atoms with van der Waals surface area (Å²) in [6.07, 6.45) is 0. The summed E-state index contributed by atoms with van der Waals surface area (Å²) in [6, 6.07) is 9.40. The minimum absolute atomic E-state index is 0.0405. The maximum absolute atomic E-state index is 13.7. The first-order valence-corrected chi connectivity index (χ1v) is 5.94. The molecule has 0 aliphatic rings. The van der Waals surface area contributed by atoms with E-state index in [0.717, 1.165) is 18.2 Å². The Balaban J connectivity index is 2.03. The fourth-order valence-corrected chi connectivity index (χ4v) is 1.81. The number of nitriles is 1. The molecular weight excluding hydrogens is 265 g/mol. The Bertz CT molecular complexity index is 663. The molecule has 0 saturated heterocycles. The third-order valence-corrected chi connectivity index (χ3v) is 2.84. The van der Waals surface area contributed by atoms with E-state index in [1.807, 2.05) is 0 Å². The molecule has 0 atom stereocenters. The molecule has 0 unspecified atom stereocenters. The molecule has 0 amide bonds. The van der Waals surface area contributed by atoms with Crippen molar-refractivity contribution in [1.29, 1.82) is 5.26 Å². The van der Waals surface area contributed by atoms with Crippen molar-refractivity contribution >= 4 is 0 Å². The van der Waals surface area contributed by atoms with E-state index >= 15 is 0 Å². The van der Waals surface area contributed by atoms with Gasteiger partial charge in [-0.2, -0.15) is 5.26 Å². The topological polar surface area (TPSA) is 35.8 Å². The van der Waals surface area contributed by atoms with E-state index in [1.54, 1.807) is 12.1 Å². The lowest BCUT2D eigenvalue weighted by atomic mass is 10.1. The molecule has 2 aromatic rings. The number of hydrogen-bond acceptors (Lipinski definition) is 2. The predicted molar refractivity (Wildman–Crippen MR) is 68.0 cm³/mol. The van der Waals surface area contributed by atoms with Gasteiger partial charge in [-0.15, -0.1) is 0 Å². The van der Waals surface area contributed by atoms with Gasteiger partial charge in [0.05, 0.1) is 5.56 Å². The fourth-order valence-electron chi connectivity index (χ4n) is 1.81. The van der Waals surface area contributed by atoms with E-state index in [0.29, 0.717) is 5.56 Å². The summed E-state index contributed by atoms with van der Waals surface area (Å²) in [5.41, 5.74) is 0.434. The highest BCUT2D eigenvalue weighted by Gasteiger charge is 2.08. The fraction of sp³-hybridized carbons (Fsp3) is 0.133. The quantitative estimate of drug-likeness (QED) is 0.930. The van der Waals surface area contributed by atoms with Crippen molar-refractivity contribution in [3.63, 3.8) is 0 Å². The molecule has 20 heavy (non-hydrogen) atoms. The van der Waals surface area contributed by atoms with Gasteiger partial charge in [0.1, 0.15) is 23.5 Å². The Morgan fingerprint density at radius 1 is 1.00 bits per heavy atom. The van der Waals surface area contributed by atoms with Crippen LogP contribution in [0.3, 0.4) is 0 Å². The van der Waals surface area contributed by atoms with E-state index in [1.165, 1.54) is 12.1 Å². The number of halogens is 3. The second-order valence-electron chi connectivity index (χ2n) is 4.23. The number of nitrogens with zero attached hydrogens (tertiary/aromatic N) is 1. The zero-order valence-corrected chi connectivity index (χ0v) is 10.5. The van der Waals surface area contributed by atoms with Crippen LogP contribution in [0.2, 0.25) is 0 Å². The van der Waals surface area contributed by atoms with Crippen molar-refractivity contribution < 1.29 is 13.2 Å². The Kier molecular flexibility index (Phi) is 4.38. The molecule has 0 aliphatic heterocycles. The molecule has 2 rings (SSSR count). The standard InChI is InChI=1S/C15H11F3N2/c16-13-4-5-14(17)12(6-13)9-20-8-11-3-1-2-10(7-19)15(11)18/h1-6,20H,8-9H2. The van der Waals surface area contributed by atoms with Crippen LogP contribution < -0.4 is 5.32 Å². The summed E-state index contributed by atoms with van der Waals surface area (Å²) in [6.45, 7) is 0.192. The van der Waals surface area contributed by atoms with Gasteiger partial charge >= 0.3 is 0 Å². The summed E-state index contributed by atoms with van der Waals surface area (Å²) in [5, 5.41) is 11.5. The largest absolute Gasteiger partial charge is 0.308 e. The molecule has 0 heterocycles. The first-order valence-electron chi connectivity index (χ1n) is 5.94. The zero-order valence-electron chi connectivity index (χ0n) is 10.5. The van der Waals surface area contributed by atoms with Crippen molar-refractivity contribution in [2.45, 2.75) is 13.1 Å². The lowest BCUT2D eigenvalue weighted by Gasteiger charge is -2.08. The second-order valence-corrected chi connectivity index (χ2v) is 4.23. The van der Waals surface area contributed by atoms with Gasteiger partial charge < -0.3 is 5.32 Å². The summed E-state index contributed by atoms with van der Waals surface area (Å²) in [5.74, 6) is -1.65. The Morgan fingerprint density at radius 2 is 1.75 bits per heavy atom. The number of rotatable bonds is 4. The summed E-state index contributed by atoms with van der Waals surface area (Å²) in [7, 11) is 0. The summed E-state index contributed by atoms with van der Waals surface area (Å²) in [4.78, 5) is 0. The van der Waals surface area contributed by atoms with Gasteiger partial charge in [0.25, 0.3) is 0 Å². The van der Waals surface area contributed by atoms with Crippen molar-refractivity contribution in [2.75, 3.05) is 0 Å². The van der Waals surface area contributed by atoms with Crippen LogP contribution in [0.1, 0.15) is 16.7 Å². The van der Waals surface area contributed by atoms with Crippen LogP contribution in [-0.4, -0.2) is 0 Å². The van der Waals surface area contributed by atoms with Gasteiger partial charge in [-0.3, -0.25) is 0 Å². The highest BCUT2D eigenvalue weighted by atomic mass is 19.1. The van der Waals surface area contributed by atoms with Crippen molar-refractivity contribution in [3.05, 3.63) is 70.5 Å². The van der Waals surface area contributed by atoms with Crippen molar-refractivity contribution in [3.8, 4) is 6.07 Å². The van der Waals surface area contributed by atoms with Crippen molar-refractivity contribution in [1.82, 2.24) is 5.32 Å². The first kappa shape index (κ1) is 14.1. The molecule has 0 radical (unpaired) electrons. The molecule has 0 fully saturated rings. The smallest absolute Gasteiger partial charge is 0.145 e. The number of hydrogen-bond donors (Lipinski definition) is 1. The molecule has 5 heteroatoms. The minimum Gasteiger partial charge on any atom is -0.308 e. The van der Waals surface area contributed by atoms with E-state index < -0.39 is 17.5 Å². The van der Waals surface area contributed by atoms with Crippen LogP contribution in [0.4, 0.5) is 13.2 Å². The number of nitrogens with one attached hydrogen (secondary N) is 1. The van der Waals surface area contributed by atoms with E-state index in [9.17, 15) is 13.2 Å². The molecule has 1 N–H and O–H groups in total. The van der Waals surface area contributed by atoms with E-state index in [2.05, 4.69) is 5.32 Å². The summed E-state index contributed by atoms with van der Waals surface area (Å²) < 4.78 is 40.1. The highest BCUT2D eigenvalue weighted by molar-refractivity contribution is 5.34. The van der Waals surface area contributed by atoms with Gasteiger partial charge in [0, 0.05) is 24.2 Å². The SMILES string of the molecule is N#Cc1cccc(CNCc2cc(F)ccc2F)c1F. The van der Waals surface area contributed by atoms with Gasteiger partial charge in [-0.05, 0) is 24.3 Å². The number of benzene rings is 2. The van der Waals surface area contributed by atoms with Gasteiger partial charge in [0.2, 0.25) is 0 Å². The Hall–Kier alpha value is -2.32. The first-order chi connectivity index (χ1) is 9.61. The van der Waals surface area contributed by atoms with Gasteiger partial charge in [0.15, 0.2) is 0 Å². The molecule has 0 aromatic heterocycles. The molecule has 2 aromatic carbocycles. The Labute approximate surface area is 114 Å². The van der Waals surface area contributed by atoms with Crippen LogP contribution in [0, 0.1) is 28.8 Å². The van der Waals surface area contributed by atoms with Crippen LogP contribution in [0.25, 0.3) is 0 Å².